The predicted molar refractivity (Wildman–Crippen MR) is 41.0 cm³/mol. The van der Waals surface area contributed by atoms with Crippen molar-refractivity contribution in [1.82, 2.24) is 0 Å². The molecule has 0 fully saturated rings. The zero-order chi connectivity index (χ0) is 12.0. The normalized spacial score (nSPS) is 19.3. The fourth-order valence-electron chi connectivity index (χ4n) is 0.356. The zero-order valence-electron chi connectivity index (χ0n) is 5.78. The van der Waals surface area contributed by atoms with E-state index >= 15 is 0 Å². The molecule has 0 radical (unpaired) electrons. The van der Waals surface area contributed by atoms with Gasteiger partial charge in [0.2, 0.25) is 0 Å². The number of halogens is 10. The molecule has 0 aromatic carbocycles. The van der Waals surface area contributed by atoms with E-state index in [4.69, 9.17) is 0 Å². The summed E-state index contributed by atoms with van der Waals surface area (Å²) in [5.41, 5.74) is 0. The van der Waals surface area contributed by atoms with Gasteiger partial charge in [-0.15, -0.1) is 0 Å². The second kappa shape index (κ2) is 3.64. The molecular formula is C4Cl4F6. The molecule has 0 N–H and O–H groups in total. The first-order valence-electron chi connectivity index (χ1n) is 2.64. The molecule has 14 heavy (non-hydrogen) atoms. The molecule has 10 heteroatoms. The van der Waals surface area contributed by atoms with Gasteiger partial charge in [-0.05, 0) is 11.6 Å². The van der Waals surface area contributed by atoms with Gasteiger partial charge in [0.05, 0.1) is 0 Å². The van der Waals surface area contributed by atoms with Gasteiger partial charge in [-0.3, -0.25) is 0 Å². The van der Waals surface area contributed by atoms with Crippen molar-refractivity contribution in [2.45, 2.75) is 21.0 Å². The molecule has 0 amide bonds. The second-order valence-corrected chi connectivity index (χ2v) is 4.47. The Kier molecular flexibility index (Phi) is 3.84. The summed E-state index contributed by atoms with van der Waals surface area (Å²) in [7, 11) is 0. The lowest BCUT2D eigenvalue weighted by Gasteiger charge is -2.34. The summed E-state index contributed by atoms with van der Waals surface area (Å²) >= 11 is 17.0. The van der Waals surface area contributed by atoms with Crippen LogP contribution >= 0.6 is 46.4 Å². The summed E-state index contributed by atoms with van der Waals surface area (Å²) in [5, 5.41) is -9.95. The molecular weight excluding hydrogens is 304 g/mol. The Morgan fingerprint density at radius 3 is 1.00 bits per heavy atom. The molecule has 0 aliphatic carbocycles. The van der Waals surface area contributed by atoms with Crippen LogP contribution in [-0.4, -0.2) is 21.0 Å². The van der Waals surface area contributed by atoms with Crippen LogP contribution in [0, 0.1) is 0 Å². The quantitative estimate of drug-likeness (QED) is 0.522. The summed E-state index contributed by atoms with van der Waals surface area (Å²) < 4.78 is 68.1. The van der Waals surface area contributed by atoms with Gasteiger partial charge in [0.1, 0.15) is 0 Å². The highest BCUT2D eigenvalue weighted by atomic mass is 35.5. The summed E-state index contributed by atoms with van der Waals surface area (Å²) in [4.78, 5) is 0. The Morgan fingerprint density at radius 1 is 0.643 bits per heavy atom. The summed E-state index contributed by atoms with van der Waals surface area (Å²) in [5.74, 6) is 0. The fourth-order valence-corrected chi connectivity index (χ4v) is 0.939. The SMILES string of the molecule is FC(F)(F)C(Cl)(Cl)C(F)(Cl)C(F)(F)Cl. The van der Waals surface area contributed by atoms with Crippen molar-refractivity contribution < 1.29 is 26.3 Å². The van der Waals surface area contributed by atoms with Crippen molar-refractivity contribution in [3.63, 3.8) is 0 Å². The van der Waals surface area contributed by atoms with E-state index in [0.29, 0.717) is 0 Å². The van der Waals surface area contributed by atoms with Gasteiger partial charge in [0.15, 0.2) is 0 Å². The van der Waals surface area contributed by atoms with Gasteiger partial charge in [-0.1, -0.05) is 34.8 Å². The van der Waals surface area contributed by atoms with Gasteiger partial charge < -0.3 is 0 Å². The smallest absolute Gasteiger partial charge is 0.214 e. The van der Waals surface area contributed by atoms with Crippen LogP contribution in [-0.2, 0) is 0 Å². The monoisotopic (exact) mass is 302 g/mol. The molecule has 0 aliphatic rings. The van der Waals surface area contributed by atoms with Crippen molar-refractivity contribution >= 4 is 46.4 Å². The third-order valence-electron chi connectivity index (χ3n) is 1.11. The van der Waals surface area contributed by atoms with Crippen molar-refractivity contribution in [2.24, 2.45) is 0 Å². The topological polar surface area (TPSA) is 0 Å². The van der Waals surface area contributed by atoms with E-state index in [1.807, 2.05) is 0 Å². The van der Waals surface area contributed by atoms with Crippen molar-refractivity contribution in [3.05, 3.63) is 0 Å². The maximum absolute atomic E-state index is 12.8. The van der Waals surface area contributed by atoms with E-state index in [2.05, 4.69) is 46.4 Å². The van der Waals surface area contributed by atoms with Crippen molar-refractivity contribution in [1.29, 1.82) is 0 Å². The van der Waals surface area contributed by atoms with Gasteiger partial charge in [-0.2, -0.15) is 22.0 Å². The van der Waals surface area contributed by atoms with Crippen LogP contribution in [0.2, 0.25) is 0 Å². The second-order valence-electron chi connectivity index (χ2n) is 2.14. The lowest BCUT2D eigenvalue weighted by atomic mass is 10.2. The third-order valence-corrected chi connectivity index (χ3v) is 3.13. The minimum Gasteiger partial charge on any atom is -0.214 e. The van der Waals surface area contributed by atoms with E-state index in [1.54, 1.807) is 0 Å². The molecule has 0 rings (SSSR count). The van der Waals surface area contributed by atoms with Crippen LogP contribution in [0.25, 0.3) is 0 Å². The van der Waals surface area contributed by atoms with Gasteiger partial charge in [-0.25, -0.2) is 4.39 Å². The molecule has 1 unspecified atom stereocenters. The number of hydrogen-bond acceptors (Lipinski definition) is 0. The molecule has 0 aliphatic heterocycles. The predicted octanol–water partition coefficient (Wildman–Crippen LogP) is 4.46. The molecule has 0 spiro atoms. The average molecular weight is 304 g/mol. The zero-order valence-corrected chi connectivity index (χ0v) is 8.80. The maximum atomic E-state index is 12.8. The van der Waals surface area contributed by atoms with E-state index in [-0.39, 0.29) is 0 Å². The van der Waals surface area contributed by atoms with Crippen LogP contribution in [0.1, 0.15) is 0 Å². The first-order chi connectivity index (χ1) is 5.75. The molecule has 86 valence electrons. The first kappa shape index (κ1) is 14.7. The standard InChI is InChI=1S/C4Cl4F6/c5-1(6,4(12,13)14)2(7,9)3(8,10)11. The Hall–Kier alpha value is 0.740. The van der Waals surface area contributed by atoms with Crippen LogP contribution in [0.3, 0.4) is 0 Å². The lowest BCUT2D eigenvalue weighted by molar-refractivity contribution is -0.181. The first-order valence-corrected chi connectivity index (χ1v) is 4.15. The number of rotatable bonds is 2. The molecule has 0 aromatic heterocycles. The Balaban J connectivity index is 5.30. The highest BCUT2D eigenvalue weighted by molar-refractivity contribution is 6.55. The van der Waals surface area contributed by atoms with Crippen LogP contribution in [0.4, 0.5) is 26.3 Å². The van der Waals surface area contributed by atoms with Crippen molar-refractivity contribution in [2.75, 3.05) is 0 Å². The lowest BCUT2D eigenvalue weighted by Crippen LogP contribution is -2.56. The fraction of sp³-hybridized carbons (Fsp3) is 1.00. The van der Waals surface area contributed by atoms with Gasteiger partial charge >= 0.3 is 16.7 Å². The molecule has 0 nitrogen and oxygen atoms in total. The minimum absolute atomic E-state index is 4.01. The van der Waals surface area contributed by atoms with Crippen LogP contribution < -0.4 is 0 Å². The van der Waals surface area contributed by atoms with E-state index in [0.717, 1.165) is 0 Å². The summed E-state index contributed by atoms with van der Waals surface area (Å²) in [6.45, 7) is 0. The molecule has 0 aromatic rings. The Morgan fingerprint density at radius 2 is 0.929 bits per heavy atom. The summed E-state index contributed by atoms with van der Waals surface area (Å²) in [6, 6.07) is 0. The maximum Gasteiger partial charge on any atom is 0.426 e. The van der Waals surface area contributed by atoms with Gasteiger partial charge in [0.25, 0.3) is 4.33 Å². The largest absolute Gasteiger partial charge is 0.426 e. The van der Waals surface area contributed by atoms with E-state index < -0.39 is 21.0 Å². The van der Waals surface area contributed by atoms with Crippen LogP contribution in [0.5, 0.6) is 0 Å². The summed E-state index contributed by atoms with van der Waals surface area (Å²) in [6.07, 6.45) is -5.70. The van der Waals surface area contributed by atoms with E-state index in [9.17, 15) is 26.3 Å². The van der Waals surface area contributed by atoms with Crippen molar-refractivity contribution in [3.8, 4) is 0 Å². The highest BCUT2D eigenvalue weighted by Crippen LogP contribution is 2.58. The van der Waals surface area contributed by atoms with E-state index in [1.165, 1.54) is 0 Å². The molecule has 0 saturated carbocycles. The third kappa shape index (κ3) is 2.28. The number of alkyl halides is 10. The minimum atomic E-state index is -5.70. The molecule has 0 heterocycles. The number of hydrogen-bond donors (Lipinski definition) is 0. The molecule has 1 atom stereocenters. The highest BCUT2D eigenvalue weighted by Gasteiger charge is 2.75. The molecule has 0 saturated heterocycles. The Labute approximate surface area is 94.0 Å². The molecule has 0 bridgehead atoms. The van der Waals surface area contributed by atoms with Crippen LogP contribution in [0.15, 0.2) is 0 Å². The van der Waals surface area contributed by atoms with Gasteiger partial charge in [0, 0.05) is 0 Å². The Bertz CT molecular complexity index is 191. The average Bonchev–Trinajstić information content (AvgIpc) is 1.81.